The zero-order valence-electron chi connectivity index (χ0n) is 16.2. The minimum absolute atomic E-state index is 0.216. The number of hydrogen-bond acceptors (Lipinski definition) is 5. The first kappa shape index (κ1) is 20.3. The van der Waals surface area contributed by atoms with Crippen LogP contribution in [0.5, 0.6) is 5.75 Å². The normalized spacial score (nSPS) is 10.4. The monoisotopic (exact) mass is 394 g/mol. The number of carbonyl (C=O) groups excluding carboxylic acids is 1. The minimum Gasteiger partial charge on any atom is -0.496 e. The molecule has 0 atom stereocenters. The van der Waals surface area contributed by atoms with Crippen molar-refractivity contribution >= 4 is 11.7 Å². The summed E-state index contributed by atoms with van der Waals surface area (Å²) in [6.07, 6.45) is 1.18. The van der Waals surface area contributed by atoms with Gasteiger partial charge in [0.15, 0.2) is 5.69 Å². The number of amides is 1. The molecule has 0 aliphatic carbocycles. The summed E-state index contributed by atoms with van der Waals surface area (Å²) >= 11 is 0. The van der Waals surface area contributed by atoms with E-state index >= 15 is 0 Å². The second kappa shape index (κ2) is 10.2. The first-order valence-electron chi connectivity index (χ1n) is 9.38. The molecule has 0 radical (unpaired) electrons. The number of aromatic nitrogens is 2. The van der Waals surface area contributed by atoms with Crippen LogP contribution in [-0.4, -0.2) is 36.3 Å². The quantitative estimate of drug-likeness (QED) is 0.583. The van der Waals surface area contributed by atoms with Gasteiger partial charge < -0.3 is 15.4 Å². The van der Waals surface area contributed by atoms with E-state index in [1.165, 1.54) is 6.07 Å². The predicted octanol–water partition coefficient (Wildman–Crippen LogP) is 3.25. The van der Waals surface area contributed by atoms with Gasteiger partial charge in [-0.05, 0) is 48.2 Å². The van der Waals surface area contributed by atoms with Crippen molar-refractivity contribution in [2.45, 2.75) is 12.8 Å². The fourth-order valence-electron chi connectivity index (χ4n) is 2.88. The molecule has 3 rings (SSSR count). The summed E-state index contributed by atoms with van der Waals surface area (Å²) in [4.78, 5) is 12.2. The molecule has 0 fully saturated rings. The van der Waals surface area contributed by atoms with E-state index in [2.05, 4.69) is 20.8 Å². The number of nitrogens with zero attached hydrogens (tertiary/aromatic N) is 2. The molecule has 29 heavy (non-hydrogen) atoms. The molecule has 1 amide bonds. The predicted molar refractivity (Wildman–Crippen MR) is 110 cm³/mol. The molecule has 0 bridgehead atoms. The average Bonchev–Trinajstić information content (AvgIpc) is 2.76. The van der Waals surface area contributed by atoms with Crippen molar-refractivity contribution in [1.82, 2.24) is 15.5 Å². The highest BCUT2D eigenvalue weighted by molar-refractivity contribution is 5.92. The van der Waals surface area contributed by atoms with E-state index in [0.717, 1.165) is 17.7 Å². The zero-order valence-corrected chi connectivity index (χ0v) is 16.2. The van der Waals surface area contributed by atoms with Gasteiger partial charge in [-0.2, -0.15) is 0 Å². The largest absolute Gasteiger partial charge is 0.496 e. The van der Waals surface area contributed by atoms with Crippen LogP contribution in [0.4, 0.5) is 10.2 Å². The Morgan fingerprint density at radius 2 is 1.66 bits per heavy atom. The van der Waals surface area contributed by atoms with Crippen molar-refractivity contribution in [3.05, 3.63) is 83.3 Å². The molecule has 2 aromatic carbocycles. The lowest BCUT2D eigenvalue weighted by atomic mass is 10.1. The molecule has 0 saturated heterocycles. The maximum absolute atomic E-state index is 13.6. The van der Waals surface area contributed by atoms with Gasteiger partial charge in [-0.15, -0.1) is 10.2 Å². The number of rotatable bonds is 9. The van der Waals surface area contributed by atoms with Gasteiger partial charge in [-0.25, -0.2) is 4.39 Å². The number of anilines is 1. The molecule has 1 heterocycles. The Kier molecular flexibility index (Phi) is 7.10. The van der Waals surface area contributed by atoms with Crippen molar-refractivity contribution < 1.29 is 13.9 Å². The Balaban J connectivity index is 1.45. The van der Waals surface area contributed by atoms with Crippen LogP contribution in [0, 0.1) is 5.82 Å². The Morgan fingerprint density at radius 3 is 2.38 bits per heavy atom. The van der Waals surface area contributed by atoms with Crippen LogP contribution >= 0.6 is 0 Å². The van der Waals surface area contributed by atoms with Crippen molar-refractivity contribution in [3.8, 4) is 5.75 Å². The number of ether oxygens (including phenoxy) is 1. The molecular weight excluding hydrogens is 371 g/mol. The topological polar surface area (TPSA) is 76.1 Å². The highest BCUT2D eigenvalue weighted by Gasteiger charge is 2.09. The van der Waals surface area contributed by atoms with Gasteiger partial charge in [-0.1, -0.05) is 36.4 Å². The summed E-state index contributed by atoms with van der Waals surface area (Å²) in [5.74, 6) is 0.824. The summed E-state index contributed by atoms with van der Waals surface area (Å²) in [6, 6.07) is 17.7. The highest BCUT2D eigenvalue weighted by Crippen LogP contribution is 2.17. The van der Waals surface area contributed by atoms with Gasteiger partial charge >= 0.3 is 0 Å². The summed E-state index contributed by atoms with van der Waals surface area (Å²) < 4.78 is 18.9. The Morgan fingerprint density at radius 1 is 0.931 bits per heavy atom. The summed E-state index contributed by atoms with van der Waals surface area (Å²) in [5, 5.41) is 13.9. The third kappa shape index (κ3) is 5.75. The van der Waals surface area contributed by atoms with Gasteiger partial charge in [0.25, 0.3) is 5.91 Å². The van der Waals surface area contributed by atoms with Crippen LogP contribution in [0.2, 0.25) is 0 Å². The summed E-state index contributed by atoms with van der Waals surface area (Å²) in [6.45, 7) is 0.976. The fourth-order valence-corrected chi connectivity index (χ4v) is 2.88. The van der Waals surface area contributed by atoms with Crippen LogP contribution in [0.25, 0.3) is 0 Å². The number of nitrogens with one attached hydrogen (secondary N) is 2. The van der Waals surface area contributed by atoms with Crippen molar-refractivity contribution in [2.75, 3.05) is 25.5 Å². The molecule has 0 unspecified atom stereocenters. The minimum atomic E-state index is -0.339. The molecule has 7 heteroatoms. The first-order valence-corrected chi connectivity index (χ1v) is 9.38. The molecule has 150 valence electrons. The second-order valence-electron chi connectivity index (χ2n) is 6.39. The summed E-state index contributed by atoms with van der Waals surface area (Å²) in [7, 11) is 1.65. The van der Waals surface area contributed by atoms with Gasteiger partial charge in [0.2, 0.25) is 0 Å². The zero-order chi connectivity index (χ0) is 20.5. The van der Waals surface area contributed by atoms with Crippen LogP contribution in [0.15, 0.2) is 60.7 Å². The Hall–Kier alpha value is -3.48. The molecule has 6 nitrogen and oxygen atoms in total. The first-order chi connectivity index (χ1) is 14.2. The van der Waals surface area contributed by atoms with E-state index in [9.17, 15) is 9.18 Å². The molecule has 1 aromatic heterocycles. The lowest BCUT2D eigenvalue weighted by Crippen LogP contribution is -2.27. The number of carbonyl (C=O) groups is 1. The third-order valence-electron chi connectivity index (χ3n) is 4.43. The van der Waals surface area contributed by atoms with Crippen LogP contribution < -0.4 is 15.4 Å². The van der Waals surface area contributed by atoms with E-state index in [1.807, 2.05) is 24.3 Å². The molecule has 0 aliphatic heterocycles. The molecule has 2 N–H and O–H groups in total. The number of para-hydroxylation sites is 1. The van der Waals surface area contributed by atoms with Crippen LogP contribution in [-0.2, 0) is 12.8 Å². The molecular formula is C22H23FN4O2. The number of benzene rings is 2. The van der Waals surface area contributed by atoms with E-state index in [4.69, 9.17) is 4.74 Å². The summed E-state index contributed by atoms with van der Waals surface area (Å²) in [5.41, 5.74) is 1.88. The van der Waals surface area contributed by atoms with E-state index in [1.54, 1.807) is 37.4 Å². The van der Waals surface area contributed by atoms with E-state index in [0.29, 0.717) is 30.9 Å². The van der Waals surface area contributed by atoms with Gasteiger partial charge in [0.05, 0.1) is 7.11 Å². The maximum Gasteiger partial charge on any atom is 0.271 e. The molecule has 0 aliphatic rings. The van der Waals surface area contributed by atoms with E-state index < -0.39 is 0 Å². The Bertz CT molecular complexity index is 948. The number of halogens is 1. The van der Waals surface area contributed by atoms with Gasteiger partial charge in [0.1, 0.15) is 17.4 Å². The maximum atomic E-state index is 13.6. The third-order valence-corrected chi connectivity index (χ3v) is 4.43. The standard InChI is InChI=1S/C22H23FN4O2/c1-29-20-9-5-3-7-17(20)13-14-24-21-11-10-19(26-27-21)22(28)25-15-12-16-6-2-4-8-18(16)23/h2-11H,12-15H2,1H3,(H,24,27)(H,25,28). The van der Waals surface area contributed by atoms with Gasteiger partial charge in [0, 0.05) is 13.1 Å². The SMILES string of the molecule is COc1ccccc1CCNc1ccc(C(=O)NCCc2ccccc2F)nn1. The number of methoxy groups -OCH3 is 1. The molecule has 0 spiro atoms. The highest BCUT2D eigenvalue weighted by atomic mass is 19.1. The van der Waals surface area contributed by atoms with Crippen molar-refractivity contribution in [1.29, 1.82) is 0 Å². The smallest absolute Gasteiger partial charge is 0.271 e. The van der Waals surface area contributed by atoms with Crippen molar-refractivity contribution in [3.63, 3.8) is 0 Å². The van der Waals surface area contributed by atoms with E-state index in [-0.39, 0.29) is 17.4 Å². The molecule has 3 aromatic rings. The number of hydrogen-bond donors (Lipinski definition) is 2. The lowest BCUT2D eigenvalue weighted by molar-refractivity contribution is 0.0948. The lowest BCUT2D eigenvalue weighted by Gasteiger charge is -2.09. The van der Waals surface area contributed by atoms with Crippen molar-refractivity contribution in [2.24, 2.45) is 0 Å². The average molecular weight is 394 g/mol. The fraction of sp³-hybridized carbons (Fsp3) is 0.227. The van der Waals surface area contributed by atoms with Crippen LogP contribution in [0.1, 0.15) is 21.6 Å². The molecule has 0 saturated carbocycles. The second-order valence-corrected chi connectivity index (χ2v) is 6.39. The Labute approximate surface area is 169 Å². The van der Waals surface area contributed by atoms with Crippen LogP contribution in [0.3, 0.4) is 0 Å². The van der Waals surface area contributed by atoms with Gasteiger partial charge in [-0.3, -0.25) is 4.79 Å².